The molecule has 1 saturated carbocycles. The van der Waals surface area contributed by atoms with Crippen molar-refractivity contribution in [3.63, 3.8) is 0 Å². The minimum atomic E-state index is -0.411. The largest absolute Gasteiger partial charge is 0.446 e. The predicted molar refractivity (Wildman–Crippen MR) is 74.4 cm³/mol. The van der Waals surface area contributed by atoms with Gasteiger partial charge in [0, 0.05) is 31.2 Å². The van der Waals surface area contributed by atoms with E-state index in [1.54, 1.807) is 0 Å². The van der Waals surface area contributed by atoms with Crippen molar-refractivity contribution in [1.82, 2.24) is 5.32 Å². The van der Waals surface area contributed by atoms with Crippen LogP contribution in [-0.4, -0.2) is 37.7 Å². The number of rotatable bonds is 6. The Bertz CT molecular complexity index is 346. The summed E-state index contributed by atoms with van der Waals surface area (Å²) in [6.07, 6.45) is 3.05. The van der Waals surface area contributed by atoms with Crippen LogP contribution in [0.5, 0.6) is 0 Å². The molecule has 5 nitrogen and oxygen atoms in total. The predicted octanol–water partition coefficient (Wildman–Crippen LogP) is 2.14. The molecule has 2 fully saturated rings. The van der Waals surface area contributed by atoms with E-state index in [4.69, 9.17) is 9.47 Å². The zero-order chi connectivity index (χ0) is 14.5. The molecule has 2 rings (SSSR count). The summed E-state index contributed by atoms with van der Waals surface area (Å²) in [5.74, 6) is 0.679. The number of nitrogens with one attached hydrogen (secondary N) is 1. The monoisotopic (exact) mass is 283 g/mol. The number of amides is 1. The Balaban J connectivity index is 1.73. The topological polar surface area (TPSA) is 64.6 Å². The molecule has 1 atom stereocenters. The van der Waals surface area contributed by atoms with Crippen LogP contribution in [0.2, 0.25) is 0 Å². The van der Waals surface area contributed by atoms with Crippen LogP contribution in [0.3, 0.4) is 0 Å². The first kappa shape index (κ1) is 15.3. The van der Waals surface area contributed by atoms with Gasteiger partial charge in [-0.05, 0) is 18.8 Å². The van der Waals surface area contributed by atoms with Crippen molar-refractivity contribution < 1.29 is 19.1 Å². The molecule has 1 aliphatic heterocycles. The Hall–Kier alpha value is -1.10. The summed E-state index contributed by atoms with van der Waals surface area (Å²) in [6, 6.07) is 0. The van der Waals surface area contributed by atoms with Gasteiger partial charge in [-0.1, -0.05) is 13.8 Å². The molecule has 0 aromatic heterocycles. The number of ketones is 1. The van der Waals surface area contributed by atoms with Gasteiger partial charge in [-0.2, -0.15) is 0 Å². The maximum atomic E-state index is 12.1. The highest BCUT2D eigenvalue weighted by molar-refractivity contribution is 5.86. The first-order chi connectivity index (χ1) is 9.58. The van der Waals surface area contributed by atoms with Gasteiger partial charge in [0.15, 0.2) is 0 Å². The first-order valence-corrected chi connectivity index (χ1v) is 7.64. The van der Waals surface area contributed by atoms with Crippen molar-refractivity contribution in [3.05, 3.63) is 0 Å². The van der Waals surface area contributed by atoms with Crippen LogP contribution >= 0.6 is 0 Å². The van der Waals surface area contributed by atoms with Crippen molar-refractivity contribution in [1.29, 1.82) is 0 Å². The minimum absolute atomic E-state index is 0.0552. The van der Waals surface area contributed by atoms with E-state index >= 15 is 0 Å². The Morgan fingerprint density at radius 2 is 1.85 bits per heavy atom. The van der Waals surface area contributed by atoms with Crippen molar-refractivity contribution in [2.24, 2.45) is 17.8 Å². The SMILES string of the molecule is CC(C)C(CNC(=O)OC1CCOCC1)C(=O)C1CC1. The molecule has 1 N–H and O–H groups in total. The van der Waals surface area contributed by atoms with Crippen LogP contribution in [0.25, 0.3) is 0 Å². The fraction of sp³-hybridized carbons (Fsp3) is 0.867. The van der Waals surface area contributed by atoms with Gasteiger partial charge in [-0.15, -0.1) is 0 Å². The molecule has 0 radical (unpaired) electrons. The molecule has 114 valence electrons. The summed E-state index contributed by atoms with van der Waals surface area (Å²) in [5.41, 5.74) is 0. The molecule has 2 aliphatic rings. The van der Waals surface area contributed by atoms with Gasteiger partial charge in [0.2, 0.25) is 0 Å². The van der Waals surface area contributed by atoms with Gasteiger partial charge < -0.3 is 14.8 Å². The summed E-state index contributed by atoms with van der Waals surface area (Å²) in [7, 11) is 0. The Morgan fingerprint density at radius 1 is 1.20 bits per heavy atom. The second kappa shape index (κ2) is 7.07. The Kier molecular flexibility index (Phi) is 5.40. The fourth-order valence-corrected chi connectivity index (χ4v) is 2.52. The quantitative estimate of drug-likeness (QED) is 0.811. The number of hydrogen-bond acceptors (Lipinski definition) is 4. The Morgan fingerprint density at radius 3 is 2.40 bits per heavy atom. The van der Waals surface area contributed by atoms with Crippen molar-refractivity contribution in [2.45, 2.75) is 45.6 Å². The van der Waals surface area contributed by atoms with E-state index in [1.807, 2.05) is 13.8 Å². The third-order valence-corrected chi connectivity index (χ3v) is 4.06. The van der Waals surface area contributed by atoms with Crippen LogP contribution in [0.4, 0.5) is 4.79 Å². The van der Waals surface area contributed by atoms with Gasteiger partial charge in [0.1, 0.15) is 11.9 Å². The highest BCUT2D eigenvalue weighted by Gasteiger charge is 2.36. The average Bonchev–Trinajstić information content (AvgIpc) is 3.23. The molecule has 1 heterocycles. The molecule has 0 aromatic carbocycles. The number of carbonyl (C=O) groups is 2. The van der Waals surface area contributed by atoms with Crippen LogP contribution in [0, 0.1) is 17.8 Å². The summed E-state index contributed by atoms with van der Waals surface area (Å²) in [4.78, 5) is 23.9. The smallest absolute Gasteiger partial charge is 0.407 e. The highest BCUT2D eigenvalue weighted by Crippen LogP contribution is 2.34. The molecule has 20 heavy (non-hydrogen) atoms. The normalized spacial score (nSPS) is 21.6. The third-order valence-electron chi connectivity index (χ3n) is 4.06. The van der Waals surface area contributed by atoms with Crippen molar-refractivity contribution >= 4 is 11.9 Å². The van der Waals surface area contributed by atoms with Crippen LogP contribution in [-0.2, 0) is 14.3 Å². The lowest BCUT2D eigenvalue weighted by atomic mass is 9.89. The first-order valence-electron chi connectivity index (χ1n) is 7.64. The van der Waals surface area contributed by atoms with Gasteiger partial charge in [-0.3, -0.25) is 4.79 Å². The van der Waals surface area contributed by atoms with E-state index < -0.39 is 6.09 Å². The fourth-order valence-electron chi connectivity index (χ4n) is 2.52. The van der Waals surface area contributed by atoms with Crippen LogP contribution in [0.15, 0.2) is 0 Å². The second-order valence-corrected chi connectivity index (χ2v) is 6.13. The molecular formula is C15H25NO4. The van der Waals surface area contributed by atoms with E-state index in [1.165, 1.54) is 0 Å². The average molecular weight is 283 g/mol. The number of ether oxygens (including phenoxy) is 2. The molecule has 0 aromatic rings. The van der Waals surface area contributed by atoms with Gasteiger partial charge in [0.05, 0.1) is 13.2 Å². The molecule has 0 spiro atoms. The zero-order valence-electron chi connectivity index (χ0n) is 12.4. The lowest BCUT2D eigenvalue weighted by Gasteiger charge is -2.24. The zero-order valence-corrected chi connectivity index (χ0v) is 12.4. The third kappa shape index (κ3) is 4.47. The van der Waals surface area contributed by atoms with E-state index in [0.29, 0.717) is 25.5 Å². The minimum Gasteiger partial charge on any atom is -0.446 e. The maximum Gasteiger partial charge on any atom is 0.407 e. The number of hydrogen-bond donors (Lipinski definition) is 1. The molecule has 1 unspecified atom stereocenters. The molecule has 1 aliphatic carbocycles. The molecular weight excluding hydrogens is 258 g/mol. The van der Waals surface area contributed by atoms with E-state index in [2.05, 4.69) is 5.32 Å². The van der Waals surface area contributed by atoms with Gasteiger partial charge >= 0.3 is 6.09 Å². The number of alkyl carbamates (subject to hydrolysis) is 1. The van der Waals surface area contributed by atoms with Crippen LogP contribution < -0.4 is 5.32 Å². The number of carbonyl (C=O) groups excluding carboxylic acids is 2. The molecule has 5 heteroatoms. The second-order valence-electron chi connectivity index (χ2n) is 6.13. The summed E-state index contributed by atoms with van der Waals surface area (Å²) in [5, 5.41) is 2.75. The van der Waals surface area contributed by atoms with Crippen LogP contribution in [0.1, 0.15) is 39.5 Å². The molecule has 0 bridgehead atoms. The Labute approximate surface area is 120 Å². The summed E-state index contributed by atoms with van der Waals surface area (Å²) < 4.78 is 10.6. The van der Waals surface area contributed by atoms with Gasteiger partial charge in [0.25, 0.3) is 0 Å². The van der Waals surface area contributed by atoms with E-state index in [-0.39, 0.29) is 23.9 Å². The standard InChI is InChI=1S/C15H25NO4/c1-10(2)13(14(17)11-3-4-11)9-16-15(18)20-12-5-7-19-8-6-12/h10-13H,3-9H2,1-2H3,(H,16,18). The lowest BCUT2D eigenvalue weighted by molar-refractivity contribution is -0.125. The van der Waals surface area contributed by atoms with E-state index in [9.17, 15) is 9.59 Å². The maximum absolute atomic E-state index is 12.1. The van der Waals surface area contributed by atoms with Gasteiger partial charge in [-0.25, -0.2) is 4.79 Å². The van der Waals surface area contributed by atoms with Crippen molar-refractivity contribution in [2.75, 3.05) is 19.8 Å². The highest BCUT2D eigenvalue weighted by atomic mass is 16.6. The summed E-state index contributed by atoms with van der Waals surface area (Å²) >= 11 is 0. The summed E-state index contributed by atoms with van der Waals surface area (Å²) in [6.45, 7) is 5.72. The lowest BCUT2D eigenvalue weighted by Crippen LogP contribution is -2.38. The van der Waals surface area contributed by atoms with Crippen molar-refractivity contribution in [3.8, 4) is 0 Å². The number of Topliss-reactive ketones (excluding diaryl/α,β-unsaturated/α-hetero) is 1. The molecule has 1 amide bonds. The van der Waals surface area contributed by atoms with E-state index in [0.717, 1.165) is 25.7 Å². The molecule has 1 saturated heterocycles.